The molecule has 0 fully saturated rings. The lowest BCUT2D eigenvalue weighted by Crippen LogP contribution is -2.28. The molecule has 2 N–H and O–H groups in total. The molecule has 1 aromatic heterocycles. The van der Waals surface area contributed by atoms with Gasteiger partial charge in [-0.25, -0.2) is 0 Å². The van der Waals surface area contributed by atoms with Gasteiger partial charge in [-0.1, -0.05) is 0 Å². The molecular weight excluding hydrogens is 162 g/mol. The summed E-state index contributed by atoms with van der Waals surface area (Å²) in [4.78, 5) is 6.22. The van der Waals surface area contributed by atoms with E-state index in [0.29, 0.717) is 12.6 Å². The Bertz CT molecular complexity index is 235. The van der Waals surface area contributed by atoms with Crippen LogP contribution in [0.2, 0.25) is 0 Å². The molecule has 3 nitrogen and oxygen atoms in total. The molecule has 1 heterocycles. The molecule has 0 saturated heterocycles. The Labute approximate surface area is 79.6 Å². The summed E-state index contributed by atoms with van der Waals surface area (Å²) in [5.74, 6) is 0. The fraction of sp³-hybridized carbons (Fsp3) is 0.500. The van der Waals surface area contributed by atoms with Crippen molar-refractivity contribution in [1.82, 2.24) is 9.88 Å². The van der Waals surface area contributed by atoms with Crippen molar-refractivity contribution in [2.45, 2.75) is 13.0 Å². The van der Waals surface area contributed by atoms with Crippen molar-refractivity contribution in [1.29, 1.82) is 0 Å². The minimum Gasteiger partial charge on any atom is -0.329 e. The molecular formula is C10H17N3. The lowest BCUT2D eigenvalue weighted by atomic mass is 10.1. The second-order valence-corrected chi connectivity index (χ2v) is 3.23. The first-order valence-electron chi connectivity index (χ1n) is 4.56. The van der Waals surface area contributed by atoms with Crippen LogP contribution >= 0.6 is 0 Å². The molecule has 0 saturated carbocycles. The Morgan fingerprint density at radius 3 is 2.62 bits per heavy atom. The zero-order valence-electron chi connectivity index (χ0n) is 8.27. The van der Waals surface area contributed by atoms with Crippen molar-refractivity contribution in [2.75, 3.05) is 20.1 Å². The molecule has 3 heteroatoms. The first-order chi connectivity index (χ1) is 6.25. The van der Waals surface area contributed by atoms with Crippen molar-refractivity contribution in [3.05, 3.63) is 30.1 Å². The zero-order chi connectivity index (χ0) is 9.68. The predicted octanol–water partition coefficient (Wildman–Crippen LogP) is 1.03. The van der Waals surface area contributed by atoms with Crippen LogP contribution in [-0.4, -0.2) is 30.0 Å². The van der Waals surface area contributed by atoms with E-state index in [-0.39, 0.29) is 0 Å². The molecule has 13 heavy (non-hydrogen) atoms. The van der Waals surface area contributed by atoms with Gasteiger partial charge in [0.15, 0.2) is 0 Å². The van der Waals surface area contributed by atoms with E-state index in [0.717, 1.165) is 6.54 Å². The van der Waals surface area contributed by atoms with Gasteiger partial charge in [0, 0.05) is 31.5 Å². The molecule has 1 rings (SSSR count). The van der Waals surface area contributed by atoms with Crippen LogP contribution in [0.3, 0.4) is 0 Å². The van der Waals surface area contributed by atoms with Gasteiger partial charge in [-0.15, -0.1) is 0 Å². The number of nitrogens with zero attached hydrogens (tertiary/aromatic N) is 2. The van der Waals surface area contributed by atoms with Gasteiger partial charge in [0.2, 0.25) is 0 Å². The number of hydrogen-bond donors (Lipinski definition) is 1. The molecule has 0 aliphatic heterocycles. The van der Waals surface area contributed by atoms with Crippen LogP contribution in [0.1, 0.15) is 18.5 Å². The largest absolute Gasteiger partial charge is 0.329 e. The van der Waals surface area contributed by atoms with E-state index < -0.39 is 0 Å². The molecule has 72 valence electrons. The average Bonchev–Trinajstić information content (AvgIpc) is 2.18. The fourth-order valence-corrected chi connectivity index (χ4v) is 1.29. The minimum atomic E-state index is 0.409. The maximum absolute atomic E-state index is 5.49. The molecule has 0 radical (unpaired) electrons. The van der Waals surface area contributed by atoms with E-state index >= 15 is 0 Å². The molecule has 0 aliphatic rings. The number of pyridine rings is 1. The Kier molecular flexibility index (Phi) is 3.86. The third kappa shape index (κ3) is 2.79. The third-order valence-electron chi connectivity index (χ3n) is 2.33. The maximum atomic E-state index is 5.49. The van der Waals surface area contributed by atoms with Crippen LogP contribution in [0.15, 0.2) is 24.5 Å². The van der Waals surface area contributed by atoms with Gasteiger partial charge >= 0.3 is 0 Å². The quantitative estimate of drug-likeness (QED) is 0.750. The minimum absolute atomic E-state index is 0.409. The number of aromatic nitrogens is 1. The van der Waals surface area contributed by atoms with Crippen molar-refractivity contribution in [3.63, 3.8) is 0 Å². The van der Waals surface area contributed by atoms with E-state index in [4.69, 9.17) is 5.73 Å². The molecule has 1 aromatic rings. The van der Waals surface area contributed by atoms with Gasteiger partial charge in [0.05, 0.1) is 0 Å². The Hall–Kier alpha value is -0.930. The predicted molar refractivity (Wildman–Crippen MR) is 54.3 cm³/mol. The second kappa shape index (κ2) is 4.94. The summed E-state index contributed by atoms with van der Waals surface area (Å²) in [6.07, 6.45) is 3.64. The van der Waals surface area contributed by atoms with Gasteiger partial charge in [0.1, 0.15) is 0 Å². The Morgan fingerprint density at radius 2 is 2.08 bits per heavy atom. The van der Waals surface area contributed by atoms with Crippen molar-refractivity contribution < 1.29 is 0 Å². The van der Waals surface area contributed by atoms with Crippen LogP contribution in [0.4, 0.5) is 0 Å². The first kappa shape index (κ1) is 10.2. The van der Waals surface area contributed by atoms with Gasteiger partial charge in [-0.3, -0.25) is 9.88 Å². The Morgan fingerprint density at radius 1 is 1.46 bits per heavy atom. The number of nitrogens with two attached hydrogens (primary N) is 1. The van der Waals surface area contributed by atoms with E-state index in [1.165, 1.54) is 5.56 Å². The highest BCUT2D eigenvalue weighted by Crippen LogP contribution is 2.16. The standard InChI is InChI=1S/C10H17N3/c1-9(13(2)8-5-11)10-3-6-12-7-4-10/h3-4,6-7,9H,5,8,11H2,1-2H3. The van der Waals surface area contributed by atoms with E-state index in [1.54, 1.807) is 0 Å². The van der Waals surface area contributed by atoms with Crippen LogP contribution in [0.5, 0.6) is 0 Å². The van der Waals surface area contributed by atoms with E-state index in [9.17, 15) is 0 Å². The first-order valence-corrected chi connectivity index (χ1v) is 4.56. The summed E-state index contributed by atoms with van der Waals surface area (Å²) >= 11 is 0. The van der Waals surface area contributed by atoms with Gasteiger partial charge in [0.25, 0.3) is 0 Å². The van der Waals surface area contributed by atoms with Crippen molar-refractivity contribution in [3.8, 4) is 0 Å². The second-order valence-electron chi connectivity index (χ2n) is 3.23. The molecule has 0 aromatic carbocycles. The molecule has 0 bridgehead atoms. The van der Waals surface area contributed by atoms with Crippen LogP contribution in [-0.2, 0) is 0 Å². The van der Waals surface area contributed by atoms with Gasteiger partial charge in [-0.05, 0) is 31.7 Å². The summed E-state index contributed by atoms with van der Waals surface area (Å²) < 4.78 is 0. The zero-order valence-corrected chi connectivity index (χ0v) is 8.27. The SMILES string of the molecule is CC(c1ccncc1)N(C)CCN. The molecule has 1 atom stereocenters. The van der Waals surface area contributed by atoms with E-state index in [1.807, 2.05) is 24.5 Å². The fourth-order valence-electron chi connectivity index (χ4n) is 1.29. The highest BCUT2D eigenvalue weighted by molar-refractivity contribution is 5.13. The highest BCUT2D eigenvalue weighted by atomic mass is 15.1. The molecule has 0 spiro atoms. The smallest absolute Gasteiger partial charge is 0.0318 e. The Balaban J connectivity index is 2.62. The normalized spacial score (nSPS) is 13.2. The number of likely N-dealkylation sites (N-methyl/N-ethyl adjacent to an activating group) is 1. The topological polar surface area (TPSA) is 42.2 Å². The van der Waals surface area contributed by atoms with Crippen LogP contribution in [0, 0.1) is 0 Å². The summed E-state index contributed by atoms with van der Waals surface area (Å²) in [6, 6.07) is 4.49. The lowest BCUT2D eigenvalue weighted by Gasteiger charge is -2.24. The molecule has 0 amide bonds. The van der Waals surface area contributed by atoms with E-state index in [2.05, 4.69) is 23.9 Å². The monoisotopic (exact) mass is 179 g/mol. The summed E-state index contributed by atoms with van der Waals surface area (Å²) in [6.45, 7) is 3.79. The average molecular weight is 179 g/mol. The maximum Gasteiger partial charge on any atom is 0.0318 e. The molecule has 1 unspecified atom stereocenters. The third-order valence-corrected chi connectivity index (χ3v) is 2.33. The van der Waals surface area contributed by atoms with Crippen LogP contribution in [0.25, 0.3) is 0 Å². The van der Waals surface area contributed by atoms with Gasteiger partial charge in [-0.2, -0.15) is 0 Å². The lowest BCUT2D eigenvalue weighted by molar-refractivity contribution is 0.269. The summed E-state index contributed by atoms with van der Waals surface area (Å²) in [7, 11) is 2.08. The highest BCUT2D eigenvalue weighted by Gasteiger charge is 2.09. The van der Waals surface area contributed by atoms with Crippen molar-refractivity contribution >= 4 is 0 Å². The molecule has 0 aliphatic carbocycles. The summed E-state index contributed by atoms with van der Waals surface area (Å²) in [5, 5.41) is 0. The number of hydrogen-bond acceptors (Lipinski definition) is 3. The van der Waals surface area contributed by atoms with Gasteiger partial charge < -0.3 is 5.73 Å². The number of rotatable bonds is 4. The summed E-state index contributed by atoms with van der Waals surface area (Å²) in [5.41, 5.74) is 6.77. The van der Waals surface area contributed by atoms with Crippen LogP contribution < -0.4 is 5.73 Å². The van der Waals surface area contributed by atoms with Crippen molar-refractivity contribution in [2.24, 2.45) is 5.73 Å².